The van der Waals surface area contributed by atoms with Crippen molar-refractivity contribution in [3.63, 3.8) is 0 Å². The molecule has 2 unspecified atom stereocenters. The van der Waals surface area contributed by atoms with Crippen LogP contribution < -0.4 is 5.56 Å². The molecular formula is C13H16N2O4. The van der Waals surface area contributed by atoms with Gasteiger partial charge in [-0.2, -0.15) is 0 Å². The average Bonchev–Trinajstić information content (AvgIpc) is 2.38. The van der Waals surface area contributed by atoms with Crippen LogP contribution in [-0.4, -0.2) is 39.5 Å². The summed E-state index contributed by atoms with van der Waals surface area (Å²) in [6.07, 6.45) is 2.91. The molecule has 19 heavy (non-hydrogen) atoms. The van der Waals surface area contributed by atoms with Gasteiger partial charge in [0.05, 0.1) is 5.56 Å². The first-order chi connectivity index (χ1) is 9.00. The molecule has 0 saturated carbocycles. The van der Waals surface area contributed by atoms with Gasteiger partial charge in [0.15, 0.2) is 0 Å². The maximum Gasteiger partial charge on any atom is 0.326 e. The number of pyridine rings is 1. The molecule has 1 aliphatic heterocycles. The van der Waals surface area contributed by atoms with Gasteiger partial charge in [-0.25, -0.2) is 4.79 Å². The lowest BCUT2D eigenvalue weighted by Crippen LogP contribution is -2.52. The van der Waals surface area contributed by atoms with Gasteiger partial charge in [-0.05, 0) is 24.8 Å². The number of hydrogen-bond acceptors (Lipinski definition) is 3. The molecule has 2 N–H and O–H groups in total. The van der Waals surface area contributed by atoms with E-state index >= 15 is 0 Å². The van der Waals surface area contributed by atoms with Gasteiger partial charge in [0.25, 0.3) is 5.91 Å². The van der Waals surface area contributed by atoms with Crippen LogP contribution in [0.15, 0.2) is 23.1 Å². The second-order valence-corrected chi connectivity index (χ2v) is 4.84. The predicted molar refractivity (Wildman–Crippen MR) is 67.9 cm³/mol. The van der Waals surface area contributed by atoms with Crippen LogP contribution in [0.5, 0.6) is 0 Å². The van der Waals surface area contributed by atoms with E-state index in [4.69, 9.17) is 0 Å². The van der Waals surface area contributed by atoms with Crippen molar-refractivity contribution < 1.29 is 14.7 Å². The molecule has 0 aromatic carbocycles. The molecule has 2 heterocycles. The number of likely N-dealkylation sites (tertiary alicyclic amines) is 1. The molecule has 1 saturated heterocycles. The van der Waals surface area contributed by atoms with E-state index in [-0.39, 0.29) is 17.4 Å². The Balaban J connectivity index is 2.27. The highest BCUT2D eigenvalue weighted by Gasteiger charge is 2.37. The normalized spacial score (nSPS) is 23.1. The van der Waals surface area contributed by atoms with Gasteiger partial charge in [0.1, 0.15) is 6.04 Å². The number of carbonyl (C=O) groups excluding carboxylic acids is 1. The zero-order valence-corrected chi connectivity index (χ0v) is 10.6. The summed E-state index contributed by atoms with van der Waals surface area (Å²) in [5.41, 5.74) is 0.0123. The molecule has 0 spiro atoms. The molecule has 1 aromatic rings. The third-order valence-corrected chi connectivity index (χ3v) is 3.48. The Morgan fingerprint density at radius 1 is 1.42 bits per heavy atom. The molecule has 1 amide bonds. The van der Waals surface area contributed by atoms with Crippen molar-refractivity contribution in [2.24, 2.45) is 5.92 Å². The SMILES string of the molecule is CC1CCCN(C(=O)c2ccc(=O)[nH]c2)C1C(=O)O. The van der Waals surface area contributed by atoms with Gasteiger partial charge < -0.3 is 15.0 Å². The highest BCUT2D eigenvalue weighted by molar-refractivity contribution is 5.96. The number of carboxylic acids is 1. The Hall–Kier alpha value is -2.11. The summed E-state index contributed by atoms with van der Waals surface area (Å²) in [6, 6.07) is 1.88. The van der Waals surface area contributed by atoms with E-state index in [1.165, 1.54) is 23.2 Å². The Bertz CT molecular complexity index is 531. The van der Waals surface area contributed by atoms with Crippen LogP contribution in [0.3, 0.4) is 0 Å². The summed E-state index contributed by atoms with van der Waals surface area (Å²) < 4.78 is 0. The van der Waals surface area contributed by atoms with E-state index < -0.39 is 12.0 Å². The van der Waals surface area contributed by atoms with E-state index in [0.29, 0.717) is 12.1 Å². The van der Waals surface area contributed by atoms with E-state index in [1.54, 1.807) is 0 Å². The molecule has 2 rings (SSSR count). The molecule has 2 atom stereocenters. The van der Waals surface area contributed by atoms with Crippen LogP contribution in [0.4, 0.5) is 0 Å². The number of nitrogens with zero attached hydrogens (tertiary/aromatic N) is 1. The number of amides is 1. The first-order valence-electron chi connectivity index (χ1n) is 6.23. The number of aliphatic carboxylic acids is 1. The molecule has 6 heteroatoms. The fourth-order valence-electron chi connectivity index (χ4n) is 2.50. The van der Waals surface area contributed by atoms with Gasteiger partial charge in [-0.3, -0.25) is 9.59 Å². The number of carbonyl (C=O) groups is 2. The molecular weight excluding hydrogens is 248 g/mol. The van der Waals surface area contributed by atoms with Crippen molar-refractivity contribution in [1.29, 1.82) is 0 Å². The summed E-state index contributed by atoms with van der Waals surface area (Å²) in [7, 11) is 0. The first kappa shape index (κ1) is 13.3. The van der Waals surface area contributed by atoms with Gasteiger partial charge in [0.2, 0.25) is 5.56 Å². The Labute approximate surface area is 110 Å². The van der Waals surface area contributed by atoms with Crippen LogP contribution in [0.1, 0.15) is 30.1 Å². The maximum absolute atomic E-state index is 12.3. The number of aromatic amines is 1. The second-order valence-electron chi connectivity index (χ2n) is 4.84. The van der Waals surface area contributed by atoms with Gasteiger partial charge >= 0.3 is 5.97 Å². The number of aromatic nitrogens is 1. The zero-order valence-electron chi connectivity index (χ0n) is 10.6. The van der Waals surface area contributed by atoms with Crippen molar-refractivity contribution in [3.05, 3.63) is 34.2 Å². The third-order valence-electron chi connectivity index (χ3n) is 3.48. The number of H-pyrrole nitrogens is 1. The number of rotatable bonds is 2. The van der Waals surface area contributed by atoms with Crippen LogP contribution in [0, 0.1) is 5.92 Å². The highest BCUT2D eigenvalue weighted by Crippen LogP contribution is 2.24. The predicted octanol–water partition coefficient (Wildman–Crippen LogP) is 0.700. The van der Waals surface area contributed by atoms with E-state index in [1.807, 2.05) is 6.92 Å². The molecule has 102 valence electrons. The lowest BCUT2D eigenvalue weighted by Gasteiger charge is -2.37. The standard InChI is InChI=1S/C13H16N2O4/c1-8-3-2-6-15(11(8)13(18)19)12(17)9-4-5-10(16)14-7-9/h4-5,7-8,11H,2-3,6H2,1H3,(H,14,16)(H,18,19). The summed E-state index contributed by atoms with van der Waals surface area (Å²) in [6.45, 7) is 2.27. The first-order valence-corrected chi connectivity index (χ1v) is 6.23. The molecule has 0 radical (unpaired) electrons. The van der Waals surface area contributed by atoms with Crippen LogP contribution in [-0.2, 0) is 4.79 Å². The van der Waals surface area contributed by atoms with Gasteiger partial charge in [-0.15, -0.1) is 0 Å². The minimum atomic E-state index is -0.982. The average molecular weight is 264 g/mol. The van der Waals surface area contributed by atoms with Gasteiger partial charge in [-0.1, -0.05) is 6.92 Å². The van der Waals surface area contributed by atoms with E-state index in [0.717, 1.165) is 12.8 Å². The number of nitrogens with one attached hydrogen (secondary N) is 1. The highest BCUT2D eigenvalue weighted by atomic mass is 16.4. The van der Waals surface area contributed by atoms with E-state index in [2.05, 4.69) is 4.98 Å². The van der Waals surface area contributed by atoms with Crippen molar-refractivity contribution >= 4 is 11.9 Å². The minimum Gasteiger partial charge on any atom is -0.480 e. The Kier molecular flexibility index (Phi) is 3.69. The Morgan fingerprint density at radius 3 is 2.74 bits per heavy atom. The lowest BCUT2D eigenvalue weighted by molar-refractivity contribution is -0.145. The molecule has 1 aliphatic rings. The van der Waals surface area contributed by atoms with Crippen molar-refractivity contribution in [2.75, 3.05) is 6.54 Å². The number of hydrogen-bond donors (Lipinski definition) is 2. The smallest absolute Gasteiger partial charge is 0.326 e. The molecule has 6 nitrogen and oxygen atoms in total. The van der Waals surface area contributed by atoms with Crippen LogP contribution >= 0.6 is 0 Å². The second kappa shape index (κ2) is 5.26. The van der Waals surface area contributed by atoms with Crippen molar-refractivity contribution in [2.45, 2.75) is 25.8 Å². The lowest BCUT2D eigenvalue weighted by atomic mass is 9.90. The largest absolute Gasteiger partial charge is 0.480 e. The van der Waals surface area contributed by atoms with Crippen LogP contribution in [0.2, 0.25) is 0 Å². The van der Waals surface area contributed by atoms with Crippen LogP contribution in [0.25, 0.3) is 0 Å². The maximum atomic E-state index is 12.3. The number of carboxylic acid groups (broad SMARTS) is 1. The number of piperidine rings is 1. The molecule has 0 aliphatic carbocycles. The third kappa shape index (κ3) is 2.67. The Morgan fingerprint density at radius 2 is 2.16 bits per heavy atom. The summed E-state index contributed by atoms with van der Waals surface area (Å²) in [5.74, 6) is -1.40. The van der Waals surface area contributed by atoms with Crippen molar-refractivity contribution in [3.8, 4) is 0 Å². The molecule has 1 fully saturated rings. The summed E-state index contributed by atoms with van der Waals surface area (Å²) in [5, 5.41) is 9.27. The zero-order chi connectivity index (χ0) is 14.0. The molecule has 0 bridgehead atoms. The summed E-state index contributed by atoms with van der Waals surface area (Å²) >= 11 is 0. The fraction of sp³-hybridized carbons (Fsp3) is 0.462. The monoisotopic (exact) mass is 264 g/mol. The quantitative estimate of drug-likeness (QED) is 0.822. The van der Waals surface area contributed by atoms with Crippen molar-refractivity contribution in [1.82, 2.24) is 9.88 Å². The molecule has 1 aromatic heterocycles. The fourth-order valence-corrected chi connectivity index (χ4v) is 2.50. The minimum absolute atomic E-state index is 0.0713. The topological polar surface area (TPSA) is 90.5 Å². The van der Waals surface area contributed by atoms with E-state index in [9.17, 15) is 19.5 Å². The summed E-state index contributed by atoms with van der Waals surface area (Å²) in [4.78, 5) is 38.4. The van der Waals surface area contributed by atoms with Gasteiger partial charge in [0, 0.05) is 18.8 Å².